The van der Waals surface area contributed by atoms with E-state index in [4.69, 9.17) is 0 Å². The normalized spacial score (nSPS) is 12.6. The Labute approximate surface area is 113 Å². The van der Waals surface area contributed by atoms with E-state index in [1.165, 1.54) is 10.4 Å². The summed E-state index contributed by atoms with van der Waals surface area (Å²) in [6.07, 6.45) is 1.13. The zero-order valence-corrected chi connectivity index (χ0v) is 12.1. The van der Waals surface area contributed by atoms with E-state index in [1.54, 1.807) is 11.3 Å². The number of pyridine rings is 1. The van der Waals surface area contributed by atoms with E-state index < -0.39 is 0 Å². The number of aromatic nitrogens is 1. The molecule has 0 spiro atoms. The summed E-state index contributed by atoms with van der Waals surface area (Å²) in [6.45, 7) is 7.42. The minimum absolute atomic E-state index is 0.219. The summed E-state index contributed by atoms with van der Waals surface area (Å²) >= 11 is 1.80. The lowest BCUT2D eigenvalue weighted by molar-refractivity contribution is 0.585. The van der Waals surface area contributed by atoms with Crippen LogP contribution in [0.4, 0.5) is 0 Å². The first-order valence-electron chi connectivity index (χ1n) is 6.43. The average Bonchev–Trinajstić information content (AvgIpc) is 2.77. The van der Waals surface area contributed by atoms with Crippen LogP contribution in [0.3, 0.4) is 0 Å². The van der Waals surface area contributed by atoms with E-state index >= 15 is 0 Å². The molecule has 3 heteroatoms. The van der Waals surface area contributed by atoms with Gasteiger partial charge in [-0.25, -0.2) is 0 Å². The Morgan fingerprint density at radius 3 is 2.72 bits per heavy atom. The number of thiophene rings is 1. The fourth-order valence-electron chi connectivity index (χ4n) is 2.08. The van der Waals surface area contributed by atoms with E-state index in [9.17, 15) is 0 Å². The largest absolute Gasteiger partial charge is 0.305 e. The van der Waals surface area contributed by atoms with Gasteiger partial charge < -0.3 is 5.32 Å². The summed E-state index contributed by atoms with van der Waals surface area (Å²) in [5.74, 6) is 0. The summed E-state index contributed by atoms with van der Waals surface area (Å²) in [7, 11) is 0. The molecule has 0 aliphatic carbocycles. The van der Waals surface area contributed by atoms with Crippen molar-refractivity contribution in [3.63, 3.8) is 0 Å². The molecule has 96 valence electrons. The van der Waals surface area contributed by atoms with Crippen molar-refractivity contribution < 1.29 is 0 Å². The topological polar surface area (TPSA) is 24.9 Å². The van der Waals surface area contributed by atoms with Crippen molar-refractivity contribution in [1.82, 2.24) is 10.3 Å². The molecule has 2 nitrogen and oxygen atoms in total. The molecule has 1 unspecified atom stereocenters. The number of aryl methyl sites for hydroxylation is 2. The van der Waals surface area contributed by atoms with Crippen molar-refractivity contribution in [2.75, 3.05) is 6.54 Å². The van der Waals surface area contributed by atoms with Crippen LogP contribution in [-0.2, 0) is 0 Å². The van der Waals surface area contributed by atoms with Crippen LogP contribution >= 0.6 is 11.3 Å². The molecule has 0 bridgehead atoms. The second-order valence-corrected chi connectivity index (χ2v) is 5.64. The van der Waals surface area contributed by atoms with Crippen LogP contribution in [-0.4, -0.2) is 11.5 Å². The van der Waals surface area contributed by atoms with Crippen LogP contribution in [0.2, 0.25) is 0 Å². The molecule has 1 N–H and O–H groups in total. The third kappa shape index (κ3) is 2.98. The molecule has 0 saturated heterocycles. The van der Waals surface area contributed by atoms with Crippen LogP contribution in [0.1, 0.15) is 41.2 Å². The van der Waals surface area contributed by atoms with Crippen LogP contribution < -0.4 is 5.32 Å². The molecule has 2 aromatic heterocycles. The maximum atomic E-state index is 4.67. The standard InChI is InChI=1S/C15H20N2S/c1-4-9-16-15(13-8-10-18-12(13)3)14-7-5-6-11(2)17-14/h5-8,10,15-16H,4,9H2,1-3H3. The van der Waals surface area contributed by atoms with Crippen molar-refractivity contribution >= 4 is 11.3 Å². The van der Waals surface area contributed by atoms with Gasteiger partial charge in [0.05, 0.1) is 11.7 Å². The van der Waals surface area contributed by atoms with E-state index in [1.807, 2.05) is 13.0 Å². The summed E-state index contributed by atoms with van der Waals surface area (Å²) < 4.78 is 0. The Kier molecular flexibility index (Phi) is 4.50. The van der Waals surface area contributed by atoms with Gasteiger partial charge in [-0.2, -0.15) is 0 Å². The smallest absolute Gasteiger partial charge is 0.0762 e. The number of nitrogens with zero attached hydrogens (tertiary/aromatic N) is 1. The Bertz CT molecular complexity index is 505. The molecule has 0 aliphatic heterocycles. The molecule has 0 saturated carbocycles. The highest BCUT2D eigenvalue weighted by Gasteiger charge is 2.17. The fourth-order valence-corrected chi connectivity index (χ4v) is 2.82. The quantitative estimate of drug-likeness (QED) is 0.883. The molecular weight excluding hydrogens is 240 g/mol. The lowest BCUT2D eigenvalue weighted by Gasteiger charge is -2.18. The van der Waals surface area contributed by atoms with Crippen molar-refractivity contribution in [3.8, 4) is 0 Å². The van der Waals surface area contributed by atoms with Gasteiger partial charge in [-0.1, -0.05) is 13.0 Å². The molecule has 1 atom stereocenters. The molecule has 18 heavy (non-hydrogen) atoms. The van der Waals surface area contributed by atoms with Gasteiger partial charge in [-0.05, 0) is 56.0 Å². The van der Waals surface area contributed by atoms with Crippen LogP contribution in [0.25, 0.3) is 0 Å². The average molecular weight is 260 g/mol. The molecule has 0 radical (unpaired) electrons. The van der Waals surface area contributed by atoms with E-state index in [0.717, 1.165) is 24.4 Å². The van der Waals surface area contributed by atoms with Crippen LogP contribution in [0.15, 0.2) is 29.6 Å². The zero-order valence-electron chi connectivity index (χ0n) is 11.2. The third-order valence-electron chi connectivity index (χ3n) is 3.01. The van der Waals surface area contributed by atoms with Crippen LogP contribution in [0, 0.1) is 13.8 Å². The number of hydrogen-bond acceptors (Lipinski definition) is 3. The highest BCUT2D eigenvalue weighted by molar-refractivity contribution is 7.10. The predicted molar refractivity (Wildman–Crippen MR) is 78.2 cm³/mol. The lowest BCUT2D eigenvalue weighted by atomic mass is 10.0. The SMILES string of the molecule is CCCNC(c1cccc(C)n1)c1ccsc1C. The van der Waals surface area contributed by atoms with Gasteiger partial charge in [0.15, 0.2) is 0 Å². The second kappa shape index (κ2) is 6.12. The van der Waals surface area contributed by atoms with Gasteiger partial charge in [-0.15, -0.1) is 11.3 Å². The van der Waals surface area contributed by atoms with Crippen molar-refractivity contribution in [2.24, 2.45) is 0 Å². The van der Waals surface area contributed by atoms with Gasteiger partial charge in [-0.3, -0.25) is 4.98 Å². The summed E-state index contributed by atoms with van der Waals surface area (Å²) in [5, 5.41) is 5.75. The lowest BCUT2D eigenvalue weighted by Crippen LogP contribution is -2.24. The highest BCUT2D eigenvalue weighted by atomic mass is 32.1. The monoisotopic (exact) mass is 260 g/mol. The minimum Gasteiger partial charge on any atom is -0.305 e. The van der Waals surface area contributed by atoms with Crippen molar-refractivity contribution in [3.05, 3.63) is 51.5 Å². The first-order valence-corrected chi connectivity index (χ1v) is 7.31. The Balaban J connectivity index is 2.33. The fraction of sp³-hybridized carbons (Fsp3) is 0.400. The van der Waals surface area contributed by atoms with E-state index in [2.05, 4.69) is 47.7 Å². The van der Waals surface area contributed by atoms with E-state index in [0.29, 0.717) is 0 Å². The van der Waals surface area contributed by atoms with Crippen molar-refractivity contribution in [1.29, 1.82) is 0 Å². The van der Waals surface area contributed by atoms with Gasteiger partial charge in [0.25, 0.3) is 0 Å². The summed E-state index contributed by atoms with van der Waals surface area (Å²) in [5.41, 5.74) is 3.54. The first kappa shape index (κ1) is 13.2. The molecule has 0 aromatic carbocycles. The second-order valence-electron chi connectivity index (χ2n) is 4.52. The summed E-state index contributed by atoms with van der Waals surface area (Å²) in [6, 6.07) is 8.66. The predicted octanol–water partition coefficient (Wildman–Crippen LogP) is 3.85. The Morgan fingerprint density at radius 1 is 1.28 bits per heavy atom. The molecule has 0 amide bonds. The van der Waals surface area contributed by atoms with Crippen molar-refractivity contribution in [2.45, 2.75) is 33.2 Å². The molecule has 2 heterocycles. The Morgan fingerprint density at radius 2 is 2.11 bits per heavy atom. The molecular formula is C15H20N2S. The van der Waals surface area contributed by atoms with Gasteiger partial charge >= 0.3 is 0 Å². The molecule has 0 fully saturated rings. The van der Waals surface area contributed by atoms with Crippen LogP contribution in [0.5, 0.6) is 0 Å². The van der Waals surface area contributed by atoms with Gasteiger partial charge in [0, 0.05) is 10.6 Å². The zero-order chi connectivity index (χ0) is 13.0. The minimum atomic E-state index is 0.219. The first-order chi connectivity index (χ1) is 8.72. The number of rotatable bonds is 5. The van der Waals surface area contributed by atoms with E-state index in [-0.39, 0.29) is 6.04 Å². The highest BCUT2D eigenvalue weighted by Crippen LogP contribution is 2.27. The van der Waals surface area contributed by atoms with Gasteiger partial charge in [0.2, 0.25) is 0 Å². The summed E-state index contributed by atoms with van der Waals surface area (Å²) in [4.78, 5) is 6.03. The third-order valence-corrected chi connectivity index (χ3v) is 3.88. The van der Waals surface area contributed by atoms with Gasteiger partial charge in [0.1, 0.15) is 0 Å². The molecule has 2 aromatic rings. The number of hydrogen-bond donors (Lipinski definition) is 1. The Hall–Kier alpha value is -1.19. The number of nitrogens with one attached hydrogen (secondary N) is 1. The molecule has 2 rings (SSSR count). The maximum absolute atomic E-state index is 4.67. The molecule has 0 aliphatic rings. The maximum Gasteiger partial charge on any atom is 0.0762 e.